The fraction of sp³-hybridized carbons (Fsp3) is 0.0833. The molecule has 7 nitrogen and oxygen atoms in total. The molecule has 0 saturated carbocycles. The summed E-state index contributed by atoms with van der Waals surface area (Å²) in [7, 11) is 0. The maximum atomic E-state index is 10.7. The van der Waals surface area contributed by atoms with Crippen LogP contribution in [0.25, 0.3) is 11.7 Å². The molecular weight excluding hydrogens is 284 g/mol. The molecule has 8 heteroatoms. The largest absolute Gasteiger partial charge is 0.475 e. The monoisotopic (exact) mass is 292 g/mol. The summed E-state index contributed by atoms with van der Waals surface area (Å²) in [6.45, 7) is 0. The Hall–Kier alpha value is -2.48. The summed E-state index contributed by atoms with van der Waals surface area (Å²) in [5.41, 5.74) is 0. The maximum absolute atomic E-state index is 10.7. The number of aromatic carboxylic acids is 1. The third-order valence-corrected chi connectivity index (χ3v) is 3.19. The summed E-state index contributed by atoms with van der Waals surface area (Å²) in [6, 6.07) is 6.44. The Morgan fingerprint density at radius 3 is 2.85 bits per heavy atom. The van der Waals surface area contributed by atoms with Crippen molar-refractivity contribution in [1.82, 2.24) is 10.2 Å². The standard InChI is InChI=1S/C12H8N2O5S/c15-11(16)9-4-3-7(18-9)6-20-12-14-13-10(19-12)8-2-1-5-17-8/h1-5H,6H2,(H,15,16). The molecule has 0 aromatic carbocycles. The third-order valence-electron chi connectivity index (χ3n) is 2.35. The second kappa shape index (κ2) is 5.25. The van der Waals surface area contributed by atoms with Crippen molar-refractivity contribution in [3.8, 4) is 11.7 Å². The number of nitrogens with zero attached hydrogens (tertiary/aromatic N) is 2. The fourth-order valence-corrected chi connectivity index (χ4v) is 2.13. The van der Waals surface area contributed by atoms with Crippen molar-refractivity contribution in [2.24, 2.45) is 0 Å². The number of hydrogen-bond acceptors (Lipinski definition) is 7. The van der Waals surface area contributed by atoms with Crippen LogP contribution in [0.5, 0.6) is 0 Å². The third kappa shape index (κ3) is 2.59. The molecule has 20 heavy (non-hydrogen) atoms. The number of carboxylic acids is 1. The normalized spacial score (nSPS) is 10.8. The lowest BCUT2D eigenvalue weighted by molar-refractivity contribution is 0.0661. The molecule has 3 rings (SSSR count). The van der Waals surface area contributed by atoms with Gasteiger partial charge in [0.05, 0.1) is 12.0 Å². The lowest BCUT2D eigenvalue weighted by Gasteiger charge is -1.92. The Balaban J connectivity index is 1.65. The van der Waals surface area contributed by atoms with Gasteiger partial charge >= 0.3 is 5.97 Å². The quantitative estimate of drug-likeness (QED) is 0.716. The van der Waals surface area contributed by atoms with Crippen molar-refractivity contribution in [1.29, 1.82) is 0 Å². The van der Waals surface area contributed by atoms with Crippen molar-refractivity contribution in [3.05, 3.63) is 42.0 Å². The minimum Gasteiger partial charge on any atom is -0.475 e. The summed E-state index contributed by atoms with van der Waals surface area (Å²) in [5.74, 6) is 0.512. The van der Waals surface area contributed by atoms with Crippen LogP contribution in [-0.2, 0) is 5.75 Å². The number of carbonyl (C=O) groups is 1. The van der Waals surface area contributed by atoms with Crippen molar-refractivity contribution in [3.63, 3.8) is 0 Å². The van der Waals surface area contributed by atoms with Gasteiger partial charge in [0.25, 0.3) is 11.1 Å². The summed E-state index contributed by atoms with van der Waals surface area (Å²) >= 11 is 1.25. The van der Waals surface area contributed by atoms with Gasteiger partial charge in [-0.2, -0.15) is 0 Å². The molecule has 0 saturated heterocycles. The van der Waals surface area contributed by atoms with Gasteiger partial charge in [-0.25, -0.2) is 4.79 Å². The molecular formula is C12H8N2O5S. The molecule has 0 fully saturated rings. The molecule has 3 aromatic rings. The van der Waals surface area contributed by atoms with E-state index in [9.17, 15) is 4.79 Å². The van der Waals surface area contributed by atoms with E-state index in [1.807, 2.05) is 0 Å². The van der Waals surface area contributed by atoms with Crippen LogP contribution in [-0.4, -0.2) is 21.3 Å². The predicted octanol–water partition coefficient (Wildman–Crippen LogP) is 2.91. The van der Waals surface area contributed by atoms with E-state index in [1.165, 1.54) is 24.1 Å². The lowest BCUT2D eigenvalue weighted by Crippen LogP contribution is -1.91. The first kappa shape index (κ1) is 12.5. The van der Waals surface area contributed by atoms with Crippen LogP contribution in [0, 0.1) is 0 Å². The molecule has 0 unspecified atom stereocenters. The molecule has 0 atom stereocenters. The molecule has 0 aliphatic rings. The minimum absolute atomic E-state index is 0.0950. The molecule has 0 aliphatic carbocycles. The van der Waals surface area contributed by atoms with Crippen molar-refractivity contribution in [2.75, 3.05) is 0 Å². The average molecular weight is 292 g/mol. The summed E-state index contributed by atoms with van der Waals surface area (Å²) < 4.78 is 15.6. The summed E-state index contributed by atoms with van der Waals surface area (Å²) in [6.07, 6.45) is 1.52. The van der Waals surface area contributed by atoms with Gasteiger partial charge in [-0.05, 0) is 24.3 Å². The van der Waals surface area contributed by atoms with E-state index in [2.05, 4.69) is 10.2 Å². The topological polar surface area (TPSA) is 102 Å². The smallest absolute Gasteiger partial charge is 0.371 e. The molecule has 0 amide bonds. The number of furan rings is 2. The van der Waals surface area contributed by atoms with E-state index in [0.29, 0.717) is 28.4 Å². The second-order valence-electron chi connectivity index (χ2n) is 3.71. The molecule has 3 heterocycles. The van der Waals surface area contributed by atoms with Gasteiger partial charge in [-0.3, -0.25) is 0 Å². The molecule has 102 valence electrons. The highest BCUT2D eigenvalue weighted by molar-refractivity contribution is 7.98. The van der Waals surface area contributed by atoms with E-state index in [1.54, 1.807) is 18.2 Å². The number of rotatable bonds is 5. The zero-order valence-corrected chi connectivity index (χ0v) is 10.8. The lowest BCUT2D eigenvalue weighted by atomic mass is 10.4. The van der Waals surface area contributed by atoms with Crippen LogP contribution >= 0.6 is 11.8 Å². The van der Waals surface area contributed by atoms with Gasteiger partial charge < -0.3 is 18.4 Å². The van der Waals surface area contributed by atoms with Crippen LogP contribution < -0.4 is 0 Å². The zero-order chi connectivity index (χ0) is 13.9. The van der Waals surface area contributed by atoms with E-state index in [4.69, 9.17) is 18.4 Å². The summed E-state index contributed by atoms with van der Waals surface area (Å²) in [5, 5.41) is 16.8. The van der Waals surface area contributed by atoms with Gasteiger partial charge in [-0.15, -0.1) is 10.2 Å². The van der Waals surface area contributed by atoms with E-state index in [0.717, 1.165) is 0 Å². The second-order valence-corrected chi connectivity index (χ2v) is 4.64. The van der Waals surface area contributed by atoms with Gasteiger partial charge in [0, 0.05) is 0 Å². The fourth-order valence-electron chi connectivity index (χ4n) is 1.47. The Bertz CT molecular complexity index is 716. The van der Waals surface area contributed by atoms with Crippen LogP contribution in [0.4, 0.5) is 0 Å². The van der Waals surface area contributed by atoms with Crippen LogP contribution in [0.1, 0.15) is 16.3 Å². The highest BCUT2D eigenvalue weighted by Gasteiger charge is 2.13. The first-order chi connectivity index (χ1) is 9.72. The van der Waals surface area contributed by atoms with E-state index < -0.39 is 5.97 Å². The molecule has 0 spiro atoms. The molecule has 0 radical (unpaired) electrons. The number of carboxylic acid groups (broad SMARTS) is 1. The number of thioether (sulfide) groups is 1. The van der Waals surface area contributed by atoms with Crippen LogP contribution in [0.2, 0.25) is 0 Å². The first-order valence-corrected chi connectivity index (χ1v) is 6.53. The van der Waals surface area contributed by atoms with Crippen molar-refractivity contribution >= 4 is 17.7 Å². The first-order valence-electron chi connectivity index (χ1n) is 5.54. The number of aromatic nitrogens is 2. The minimum atomic E-state index is -1.10. The van der Waals surface area contributed by atoms with Gasteiger partial charge in [0.2, 0.25) is 5.76 Å². The van der Waals surface area contributed by atoms with Crippen molar-refractivity contribution in [2.45, 2.75) is 11.0 Å². The zero-order valence-electron chi connectivity index (χ0n) is 9.98. The van der Waals surface area contributed by atoms with Crippen LogP contribution in [0.15, 0.2) is 49.0 Å². The van der Waals surface area contributed by atoms with Crippen LogP contribution in [0.3, 0.4) is 0 Å². The van der Waals surface area contributed by atoms with E-state index >= 15 is 0 Å². The van der Waals surface area contributed by atoms with Gasteiger partial charge in [0.15, 0.2) is 5.76 Å². The maximum Gasteiger partial charge on any atom is 0.371 e. The summed E-state index contributed by atoms with van der Waals surface area (Å²) in [4.78, 5) is 10.7. The Morgan fingerprint density at radius 1 is 1.25 bits per heavy atom. The van der Waals surface area contributed by atoms with E-state index in [-0.39, 0.29) is 5.76 Å². The van der Waals surface area contributed by atoms with Gasteiger partial charge in [0.1, 0.15) is 5.76 Å². The van der Waals surface area contributed by atoms with Crippen molar-refractivity contribution < 1.29 is 23.2 Å². The molecule has 3 aromatic heterocycles. The molecule has 1 N–H and O–H groups in total. The average Bonchev–Trinajstić information content (AvgIpc) is 3.17. The van der Waals surface area contributed by atoms with Gasteiger partial charge in [-0.1, -0.05) is 11.8 Å². The Labute approximate surface area is 116 Å². The number of hydrogen-bond donors (Lipinski definition) is 1. The predicted molar refractivity (Wildman–Crippen MR) is 67.2 cm³/mol. The molecule has 0 bridgehead atoms. The highest BCUT2D eigenvalue weighted by Crippen LogP contribution is 2.26. The SMILES string of the molecule is O=C(O)c1ccc(CSc2nnc(-c3ccco3)o2)o1. The molecule has 0 aliphatic heterocycles. The Kier molecular flexibility index (Phi) is 3.30. The highest BCUT2D eigenvalue weighted by atomic mass is 32.2. The Morgan fingerprint density at radius 2 is 2.15 bits per heavy atom.